The van der Waals surface area contributed by atoms with Crippen molar-refractivity contribution in [2.24, 2.45) is 7.05 Å². The van der Waals surface area contributed by atoms with Gasteiger partial charge in [0.15, 0.2) is 11.6 Å². The summed E-state index contributed by atoms with van der Waals surface area (Å²) in [7, 11) is 1.56. The molecule has 0 spiro atoms. The van der Waals surface area contributed by atoms with Crippen LogP contribution in [0.4, 0.5) is 24.7 Å². The molecule has 0 aliphatic rings. The molecule has 2 aromatic carbocycles. The second kappa shape index (κ2) is 6.73. The summed E-state index contributed by atoms with van der Waals surface area (Å²) in [6.07, 6.45) is 0. The van der Waals surface area contributed by atoms with Crippen molar-refractivity contribution in [3.05, 3.63) is 64.1 Å². The Hall–Kier alpha value is -2.98. The lowest BCUT2D eigenvalue weighted by Crippen LogP contribution is -2.04. The average Bonchev–Trinajstić information content (AvgIpc) is 2.84. The molecule has 1 aromatic heterocycles. The zero-order valence-electron chi connectivity index (χ0n) is 13.7. The third-order valence-electron chi connectivity index (χ3n) is 3.84. The Balaban J connectivity index is 2.15. The van der Waals surface area contributed by atoms with Gasteiger partial charge in [0, 0.05) is 17.6 Å². The highest BCUT2D eigenvalue weighted by atomic mass is 35.5. The molecule has 4 nitrogen and oxygen atoms in total. The van der Waals surface area contributed by atoms with Gasteiger partial charge in [-0.2, -0.15) is 10.4 Å². The minimum atomic E-state index is -0.889. The van der Waals surface area contributed by atoms with E-state index in [1.54, 1.807) is 14.0 Å². The van der Waals surface area contributed by atoms with Gasteiger partial charge in [0.2, 0.25) is 0 Å². The quantitative estimate of drug-likeness (QED) is 0.693. The molecule has 0 saturated carbocycles. The van der Waals surface area contributed by atoms with E-state index in [-0.39, 0.29) is 22.0 Å². The van der Waals surface area contributed by atoms with Crippen LogP contribution in [-0.4, -0.2) is 9.78 Å². The molecule has 0 bridgehead atoms. The van der Waals surface area contributed by atoms with Crippen LogP contribution in [0.5, 0.6) is 0 Å². The fourth-order valence-electron chi connectivity index (χ4n) is 2.69. The van der Waals surface area contributed by atoms with Gasteiger partial charge in [-0.1, -0.05) is 11.6 Å². The number of benzene rings is 2. The van der Waals surface area contributed by atoms with E-state index in [2.05, 4.69) is 10.4 Å². The van der Waals surface area contributed by atoms with E-state index in [1.807, 2.05) is 6.07 Å². The Morgan fingerprint density at radius 2 is 1.77 bits per heavy atom. The van der Waals surface area contributed by atoms with Crippen LogP contribution >= 0.6 is 11.6 Å². The van der Waals surface area contributed by atoms with E-state index in [9.17, 15) is 13.2 Å². The van der Waals surface area contributed by atoms with Crippen molar-refractivity contribution in [1.82, 2.24) is 9.78 Å². The van der Waals surface area contributed by atoms with Crippen LogP contribution in [-0.2, 0) is 7.05 Å². The first kappa shape index (κ1) is 17.8. The summed E-state index contributed by atoms with van der Waals surface area (Å²) in [5.74, 6) is -2.22. The van der Waals surface area contributed by atoms with Crippen LogP contribution in [0, 0.1) is 35.7 Å². The van der Waals surface area contributed by atoms with Gasteiger partial charge < -0.3 is 5.32 Å². The number of nitrogens with one attached hydrogen (secondary N) is 1. The molecular formula is C18H12ClF3N4. The number of nitrogens with zero attached hydrogens (tertiary/aromatic N) is 3. The van der Waals surface area contributed by atoms with Gasteiger partial charge in [0.25, 0.3) is 0 Å². The van der Waals surface area contributed by atoms with Gasteiger partial charge in [-0.05, 0) is 37.3 Å². The minimum absolute atomic E-state index is 0.0786. The monoisotopic (exact) mass is 376 g/mol. The maximum absolute atomic E-state index is 14.5. The van der Waals surface area contributed by atoms with Crippen LogP contribution in [0.15, 0.2) is 30.3 Å². The van der Waals surface area contributed by atoms with Crippen molar-refractivity contribution < 1.29 is 13.2 Å². The molecule has 0 radical (unpaired) electrons. The molecule has 1 N–H and O–H groups in total. The van der Waals surface area contributed by atoms with Crippen molar-refractivity contribution in [2.45, 2.75) is 6.92 Å². The molecule has 0 aliphatic heterocycles. The Morgan fingerprint density at radius 3 is 2.35 bits per heavy atom. The molecule has 1 heterocycles. The first-order valence-corrected chi connectivity index (χ1v) is 7.84. The Labute approximate surface area is 152 Å². The number of aromatic nitrogens is 2. The smallest absolute Gasteiger partial charge is 0.151 e. The van der Waals surface area contributed by atoms with Crippen LogP contribution in [0.25, 0.3) is 11.1 Å². The van der Waals surface area contributed by atoms with Crippen molar-refractivity contribution in [3.8, 4) is 17.2 Å². The molecule has 8 heteroatoms. The second-order valence-corrected chi connectivity index (χ2v) is 6.04. The van der Waals surface area contributed by atoms with Gasteiger partial charge in [-0.15, -0.1) is 0 Å². The molecule has 0 atom stereocenters. The van der Waals surface area contributed by atoms with Crippen molar-refractivity contribution in [2.75, 3.05) is 5.32 Å². The largest absolute Gasteiger partial charge is 0.335 e. The minimum Gasteiger partial charge on any atom is -0.335 e. The molecule has 0 amide bonds. The van der Waals surface area contributed by atoms with Gasteiger partial charge in [0.05, 0.1) is 22.9 Å². The molecule has 0 saturated heterocycles. The number of nitriles is 1. The molecule has 26 heavy (non-hydrogen) atoms. The van der Waals surface area contributed by atoms with Gasteiger partial charge >= 0.3 is 0 Å². The average molecular weight is 377 g/mol. The number of halogens is 4. The van der Waals surface area contributed by atoms with E-state index in [0.29, 0.717) is 11.3 Å². The van der Waals surface area contributed by atoms with E-state index in [0.717, 1.165) is 18.2 Å². The van der Waals surface area contributed by atoms with Gasteiger partial charge in [0.1, 0.15) is 17.3 Å². The maximum atomic E-state index is 14.5. The maximum Gasteiger partial charge on any atom is 0.151 e. The van der Waals surface area contributed by atoms with Crippen LogP contribution in [0.3, 0.4) is 0 Å². The van der Waals surface area contributed by atoms with Crippen LogP contribution in [0.2, 0.25) is 5.02 Å². The lowest BCUT2D eigenvalue weighted by molar-refractivity contribution is 0.590. The Kier molecular flexibility index (Phi) is 4.62. The van der Waals surface area contributed by atoms with Crippen LogP contribution in [0.1, 0.15) is 11.3 Å². The molecule has 3 aromatic rings. The summed E-state index contributed by atoms with van der Waals surface area (Å²) < 4.78 is 44.1. The van der Waals surface area contributed by atoms with E-state index >= 15 is 0 Å². The molecule has 0 aliphatic carbocycles. The number of rotatable bonds is 3. The third kappa shape index (κ3) is 3.11. The zero-order chi connectivity index (χ0) is 19.0. The first-order chi connectivity index (χ1) is 12.3. The highest BCUT2D eigenvalue weighted by molar-refractivity contribution is 6.30. The normalized spacial score (nSPS) is 10.7. The predicted octanol–water partition coefficient (Wildman–Crippen LogP) is 5.08. The zero-order valence-corrected chi connectivity index (χ0v) is 14.5. The highest BCUT2D eigenvalue weighted by Gasteiger charge is 2.21. The lowest BCUT2D eigenvalue weighted by Gasteiger charge is -2.12. The van der Waals surface area contributed by atoms with Gasteiger partial charge in [-0.25, -0.2) is 13.2 Å². The Morgan fingerprint density at radius 1 is 1.12 bits per heavy atom. The summed E-state index contributed by atoms with van der Waals surface area (Å²) in [6.45, 7) is 1.65. The summed E-state index contributed by atoms with van der Waals surface area (Å²) >= 11 is 5.64. The summed E-state index contributed by atoms with van der Waals surface area (Å²) in [4.78, 5) is 0. The SMILES string of the molecule is Cc1nn(C)c(Nc2c(F)cc(Cl)cc2F)c1-c1ccc(C#N)cc1F. The standard InChI is InChI=1S/C18H12ClF3N4/c1-9-16(12-4-3-10(8-23)5-13(12)20)18(26(2)25-9)24-17-14(21)6-11(19)7-15(17)22/h3-7,24H,1-2H3. The predicted molar refractivity (Wildman–Crippen MR) is 92.7 cm³/mol. The summed E-state index contributed by atoms with van der Waals surface area (Å²) in [6, 6.07) is 7.77. The van der Waals surface area contributed by atoms with Crippen LogP contribution < -0.4 is 5.32 Å². The number of hydrogen-bond acceptors (Lipinski definition) is 3. The number of aryl methyl sites for hydroxylation is 2. The molecule has 0 fully saturated rings. The molecule has 3 rings (SSSR count). The van der Waals surface area contributed by atoms with Crippen molar-refractivity contribution >= 4 is 23.1 Å². The van der Waals surface area contributed by atoms with E-state index in [1.165, 1.54) is 16.8 Å². The topological polar surface area (TPSA) is 53.6 Å². The first-order valence-electron chi connectivity index (χ1n) is 7.47. The van der Waals surface area contributed by atoms with Gasteiger partial charge in [-0.3, -0.25) is 4.68 Å². The summed E-state index contributed by atoms with van der Waals surface area (Å²) in [5, 5.41) is 15.6. The molecule has 132 valence electrons. The fourth-order valence-corrected chi connectivity index (χ4v) is 2.88. The Bertz CT molecular complexity index is 1030. The van der Waals surface area contributed by atoms with E-state index < -0.39 is 23.1 Å². The summed E-state index contributed by atoms with van der Waals surface area (Å²) in [5.41, 5.74) is 0.688. The highest BCUT2D eigenvalue weighted by Crippen LogP contribution is 2.36. The molecule has 0 unspecified atom stereocenters. The molecular weight excluding hydrogens is 365 g/mol. The lowest BCUT2D eigenvalue weighted by atomic mass is 10.0. The van der Waals surface area contributed by atoms with Crippen molar-refractivity contribution in [3.63, 3.8) is 0 Å². The fraction of sp³-hybridized carbons (Fsp3) is 0.111. The second-order valence-electron chi connectivity index (χ2n) is 5.61. The third-order valence-corrected chi connectivity index (χ3v) is 4.06. The van der Waals surface area contributed by atoms with E-state index in [4.69, 9.17) is 16.9 Å². The van der Waals surface area contributed by atoms with Crippen molar-refractivity contribution in [1.29, 1.82) is 5.26 Å². The number of anilines is 2. The number of hydrogen-bond donors (Lipinski definition) is 1.